The predicted octanol–water partition coefficient (Wildman–Crippen LogP) is 5.97. The topological polar surface area (TPSA) is 150 Å². The maximum Gasteiger partial charge on any atom is 0.270 e. The molecule has 0 bridgehead atoms. The summed E-state index contributed by atoms with van der Waals surface area (Å²) in [5, 5.41) is 26.8. The number of aliphatic hydroxyl groups excluding tert-OH is 1. The first-order valence-electron chi connectivity index (χ1n) is 15.2. The van der Waals surface area contributed by atoms with Gasteiger partial charge in [0.15, 0.2) is 0 Å². The second kappa shape index (κ2) is 14.5. The van der Waals surface area contributed by atoms with E-state index in [-0.39, 0.29) is 29.6 Å². The van der Waals surface area contributed by atoms with Crippen LogP contribution in [0, 0.1) is 19.3 Å². The number of anilines is 2. The molecule has 9 nitrogen and oxygen atoms in total. The fraction of sp³-hybridized carbons (Fsp3) is 0.250. The Bertz CT molecular complexity index is 1760. The molecular weight excluding hydrogens is 562 g/mol. The van der Waals surface area contributed by atoms with Gasteiger partial charge in [-0.3, -0.25) is 15.2 Å². The number of hydrogen-bond acceptors (Lipinski definition) is 8. The molecule has 1 aliphatic carbocycles. The second-order valence-corrected chi connectivity index (χ2v) is 11.4. The summed E-state index contributed by atoms with van der Waals surface area (Å²) in [6, 6.07) is 25.5. The van der Waals surface area contributed by atoms with E-state index in [2.05, 4.69) is 63.7 Å². The van der Waals surface area contributed by atoms with Crippen LogP contribution in [0.1, 0.15) is 64.0 Å². The van der Waals surface area contributed by atoms with Gasteiger partial charge in [0.05, 0.1) is 17.4 Å². The van der Waals surface area contributed by atoms with Crippen molar-refractivity contribution in [3.63, 3.8) is 0 Å². The first kappa shape index (κ1) is 31.3. The molecule has 0 aliphatic heterocycles. The van der Waals surface area contributed by atoms with Gasteiger partial charge in [-0.15, -0.1) is 0 Å². The average Bonchev–Trinajstić information content (AvgIpc) is 3.06. The summed E-state index contributed by atoms with van der Waals surface area (Å²) < 4.78 is 0. The molecule has 0 saturated heterocycles. The molecule has 2 heterocycles. The molecule has 0 atom stereocenters. The average molecular weight is 602 g/mol. The van der Waals surface area contributed by atoms with E-state index >= 15 is 0 Å². The zero-order valence-electron chi connectivity index (χ0n) is 25.6. The Morgan fingerprint density at radius 1 is 0.889 bits per heavy atom. The van der Waals surface area contributed by atoms with Crippen molar-refractivity contribution in [1.29, 1.82) is 5.41 Å². The van der Waals surface area contributed by atoms with Crippen LogP contribution in [0.5, 0.6) is 0 Å². The van der Waals surface area contributed by atoms with Crippen molar-refractivity contribution in [2.75, 3.05) is 11.1 Å². The predicted molar refractivity (Wildman–Crippen MR) is 180 cm³/mol. The number of hydrogen-bond donors (Lipinski definition) is 5. The van der Waals surface area contributed by atoms with Crippen LogP contribution in [0.2, 0.25) is 0 Å². The number of carbonyl (C=O) groups is 1. The Morgan fingerprint density at radius 2 is 1.53 bits per heavy atom. The summed E-state index contributed by atoms with van der Waals surface area (Å²) in [4.78, 5) is 25.3. The lowest BCUT2D eigenvalue weighted by atomic mass is 9.93. The van der Waals surface area contributed by atoms with E-state index in [0.717, 1.165) is 42.0 Å². The molecule has 230 valence electrons. The van der Waals surface area contributed by atoms with Gasteiger partial charge in [0.1, 0.15) is 23.7 Å². The van der Waals surface area contributed by atoms with Crippen LogP contribution in [0.15, 0.2) is 91.4 Å². The molecule has 3 aromatic carbocycles. The molecule has 0 spiro atoms. The summed E-state index contributed by atoms with van der Waals surface area (Å²) in [5.41, 5.74) is 11.5. The Morgan fingerprint density at radius 3 is 2.20 bits per heavy atom. The maximum absolute atomic E-state index is 12.6. The van der Waals surface area contributed by atoms with Crippen molar-refractivity contribution < 1.29 is 9.90 Å². The van der Waals surface area contributed by atoms with Gasteiger partial charge in [-0.1, -0.05) is 72.8 Å². The number of rotatable bonds is 7. The van der Waals surface area contributed by atoms with Crippen LogP contribution >= 0.6 is 0 Å². The number of nitrogens with two attached hydrogens (primary N) is 1. The smallest absolute Gasteiger partial charge is 0.270 e. The van der Waals surface area contributed by atoms with Gasteiger partial charge in [0.2, 0.25) is 0 Å². The molecule has 45 heavy (non-hydrogen) atoms. The van der Waals surface area contributed by atoms with Crippen LogP contribution in [0.25, 0.3) is 10.8 Å². The normalized spacial score (nSPS) is 15.9. The van der Waals surface area contributed by atoms with Crippen molar-refractivity contribution >= 4 is 34.0 Å². The van der Waals surface area contributed by atoms with E-state index in [1.54, 1.807) is 12.3 Å². The molecule has 1 amide bonds. The minimum Gasteiger partial charge on any atom is -0.393 e. The molecule has 5 aromatic rings. The number of aromatic nitrogens is 3. The number of aryl methyl sites for hydroxylation is 2. The molecule has 1 fully saturated rings. The third-order valence-electron chi connectivity index (χ3n) is 8.15. The molecule has 6 rings (SSSR count). The molecule has 1 aliphatic rings. The summed E-state index contributed by atoms with van der Waals surface area (Å²) in [5.74, 6) is 0.512. The highest BCUT2D eigenvalue weighted by atomic mass is 16.3. The first-order chi connectivity index (χ1) is 21.8. The monoisotopic (exact) mass is 601 g/mol. The lowest BCUT2D eigenvalue weighted by molar-refractivity contribution is 0.0946. The fourth-order valence-corrected chi connectivity index (χ4v) is 5.25. The number of carbonyl (C=O) groups excluding carboxylic acids is 1. The molecule has 0 unspecified atom stereocenters. The number of nitrogens with one attached hydrogen (secondary N) is 3. The number of nitrogens with zero attached hydrogens (tertiary/aromatic N) is 3. The first-order valence-corrected chi connectivity index (χ1v) is 15.2. The number of benzene rings is 3. The third-order valence-corrected chi connectivity index (χ3v) is 8.15. The zero-order chi connectivity index (χ0) is 31.8. The molecule has 2 aromatic heterocycles. The molecule has 1 saturated carbocycles. The van der Waals surface area contributed by atoms with Gasteiger partial charge < -0.3 is 21.5 Å². The highest BCUT2D eigenvalue weighted by Crippen LogP contribution is 2.26. The van der Waals surface area contributed by atoms with Crippen LogP contribution < -0.4 is 16.4 Å². The lowest BCUT2D eigenvalue weighted by Crippen LogP contribution is -2.29. The molecular formula is C36H39N7O2. The minimum atomic E-state index is -0.251. The lowest BCUT2D eigenvalue weighted by Gasteiger charge is -2.27. The van der Waals surface area contributed by atoms with E-state index in [0.29, 0.717) is 29.2 Å². The third kappa shape index (κ3) is 8.07. The number of fused-ring (bicyclic) bond motifs is 1. The SMILES string of the molecule is Cc1ccccc1C.N=C(c1ccc(CNC(=O)c2cc3ccccc3cn2)cc1)c1c(N)ncnc1NC1CCC(O)CC1. The zero-order valence-corrected chi connectivity index (χ0v) is 25.6. The standard InChI is InChI=1S/C28H29N7O2.C8H10/c29-25(24-26(30)33-16-34-27(24)35-21-9-11-22(36)12-10-21)18-7-5-17(6-8-18)14-32-28(37)23-13-19-3-1-2-4-20(19)15-31-23;1-7-5-3-4-6-8(7)2/h1-8,13,15-16,21-22,29,36H,9-12,14H2,(H,32,37)(H3,30,33,34,35);3-6H,1-2H3. The van der Waals surface area contributed by atoms with E-state index in [9.17, 15) is 9.90 Å². The van der Waals surface area contributed by atoms with Crippen molar-refractivity contribution in [3.05, 3.63) is 125 Å². The Balaban J connectivity index is 0.000000436. The quantitative estimate of drug-likeness (QED) is 0.144. The summed E-state index contributed by atoms with van der Waals surface area (Å²) in [6.45, 7) is 4.57. The van der Waals surface area contributed by atoms with Gasteiger partial charge in [-0.05, 0) is 67.7 Å². The highest BCUT2D eigenvalue weighted by molar-refractivity contribution is 6.16. The summed E-state index contributed by atoms with van der Waals surface area (Å²) in [7, 11) is 0. The summed E-state index contributed by atoms with van der Waals surface area (Å²) in [6.07, 6.45) is 5.96. The van der Waals surface area contributed by atoms with Gasteiger partial charge in [0.25, 0.3) is 5.91 Å². The van der Waals surface area contributed by atoms with Gasteiger partial charge >= 0.3 is 0 Å². The van der Waals surface area contributed by atoms with Crippen molar-refractivity contribution in [3.8, 4) is 0 Å². The van der Waals surface area contributed by atoms with Crippen LogP contribution in [-0.2, 0) is 6.54 Å². The maximum atomic E-state index is 12.6. The number of pyridine rings is 1. The van der Waals surface area contributed by atoms with E-state index < -0.39 is 0 Å². The molecule has 9 heteroatoms. The largest absolute Gasteiger partial charge is 0.393 e. The minimum absolute atomic E-state index is 0.160. The fourth-order valence-electron chi connectivity index (χ4n) is 5.25. The van der Waals surface area contributed by atoms with Crippen molar-refractivity contribution in [2.24, 2.45) is 0 Å². The summed E-state index contributed by atoms with van der Waals surface area (Å²) >= 11 is 0. The van der Waals surface area contributed by atoms with E-state index in [4.69, 9.17) is 11.1 Å². The second-order valence-electron chi connectivity index (χ2n) is 11.4. The van der Waals surface area contributed by atoms with Gasteiger partial charge in [0, 0.05) is 29.7 Å². The Labute approximate surface area is 263 Å². The van der Waals surface area contributed by atoms with Gasteiger partial charge in [-0.25, -0.2) is 9.97 Å². The number of amides is 1. The Kier molecular flexibility index (Phi) is 10.1. The Hall–Kier alpha value is -5.15. The van der Waals surface area contributed by atoms with E-state index in [1.807, 2.05) is 48.5 Å². The van der Waals surface area contributed by atoms with Crippen LogP contribution in [-0.4, -0.2) is 43.8 Å². The van der Waals surface area contributed by atoms with Crippen LogP contribution in [0.3, 0.4) is 0 Å². The van der Waals surface area contributed by atoms with Crippen LogP contribution in [0.4, 0.5) is 11.6 Å². The highest BCUT2D eigenvalue weighted by Gasteiger charge is 2.23. The number of aliphatic hydroxyl groups is 1. The molecule has 0 radical (unpaired) electrons. The number of nitrogen functional groups attached to an aromatic ring is 1. The van der Waals surface area contributed by atoms with Gasteiger partial charge in [-0.2, -0.15) is 0 Å². The van der Waals surface area contributed by atoms with E-state index in [1.165, 1.54) is 17.5 Å². The van der Waals surface area contributed by atoms with Crippen molar-refractivity contribution in [2.45, 2.75) is 58.2 Å². The van der Waals surface area contributed by atoms with Crippen molar-refractivity contribution in [1.82, 2.24) is 20.3 Å². The molecule has 6 N–H and O–H groups in total.